The molecule has 0 radical (unpaired) electrons. The number of carbonyl (C=O) groups is 1. The molecule has 1 fully saturated rings. The summed E-state index contributed by atoms with van der Waals surface area (Å²) in [7, 11) is 0. The van der Waals surface area contributed by atoms with Gasteiger partial charge in [0, 0.05) is 30.9 Å². The summed E-state index contributed by atoms with van der Waals surface area (Å²) in [4.78, 5) is 17.3. The number of aromatic nitrogens is 1. The van der Waals surface area contributed by atoms with E-state index in [4.69, 9.17) is 9.84 Å². The molecule has 0 saturated carbocycles. The molecule has 1 aliphatic heterocycles. The lowest BCUT2D eigenvalue weighted by Gasteiger charge is -2.27. The molecule has 0 bridgehead atoms. The average Bonchev–Trinajstić information content (AvgIpc) is 2.71. The highest BCUT2D eigenvalue weighted by molar-refractivity contribution is 5.84. The van der Waals surface area contributed by atoms with Crippen molar-refractivity contribution in [1.82, 2.24) is 4.98 Å². The molecule has 3 rings (SSSR count). The van der Waals surface area contributed by atoms with E-state index in [1.165, 1.54) is 18.2 Å². The Kier molecular flexibility index (Phi) is 6.33. The number of morpholine rings is 1. The van der Waals surface area contributed by atoms with Gasteiger partial charge in [-0.15, -0.1) is 0 Å². The molecule has 8 heteroatoms. The molecule has 29 heavy (non-hydrogen) atoms. The number of benzene rings is 1. The minimum absolute atomic E-state index is 0.522. The number of anilines is 1. The van der Waals surface area contributed by atoms with E-state index in [0.29, 0.717) is 29.9 Å². The van der Waals surface area contributed by atoms with Crippen molar-refractivity contribution in [3.05, 3.63) is 77.5 Å². The summed E-state index contributed by atoms with van der Waals surface area (Å²) >= 11 is 0. The van der Waals surface area contributed by atoms with Crippen LogP contribution in [-0.4, -0.2) is 42.4 Å². The smallest absolute Gasteiger partial charge is 0.416 e. The number of halogens is 3. The van der Waals surface area contributed by atoms with Crippen LogP contribution < -0.4 is 4.90 Å². The van der Waals surface area contributed by atoms with Gasteiger partial charge in [-0.1, -0.05) is 24.3 Å². The first-order chi connectivity index (χ1) is 13.8. The summed E-state index contributed by atoms with van der Waals surface area (Å²) in [6, 6.07) is 8.37. The second-order valence-electron chi connectivity index (χ2n) is 6.36. The number of carboxylic acid groups (broad SMARTS) is 1. The SMILES string of the molecule is O=C(O)C=CC=C(c1ccc(C(F)(F)F)cc1)c1ccc(N2CCOCC2)nc1. The quantitative estimate of drug-likeness (QED) is 0.603. The van der Waals surface area contributed by atoms with Gasteiger partial charge in [-0.2, -0.15) is 13.2 Å². The first-order valence-electron chi connectivity index (χ1n) is 8.92. The number of hydrogen-bond acceptors (Lipinski definition) is 4. The van der Waals surface area contributed by atoms with Crippen LogP contribution in [0.2, 0.25) is 0 Å². The fraction of sp³-hybridized carbons (Fsp3) is 0.238. The number of carboxylic acids is 1. The zero-order chi connectivity index (χ0) is 20.9. The van der Waals surface area contributed by atoms with Crippen LogP contribution in [0.4, 0.5) is 19.0 Å². The molecule has 1 aromatic carbocycles. The number of aliphatic carboxylic acids is 1. The van der Waals surface area contributed by atoms with Gasteiger partial charge in [0.2, 0.25) is 0 Å². The fourth-order valence-corrected chi connectivity index (χ4v) is 2.95. The van der Waals surface area contributed by atoms with Crippen LogP contribution in [0.3, 0.4) is 0 Å². The van der Waals surface area contributed by atoms with Crippen molar-refractivity contribution in [3.63, 3.8) is 0 Å². The number of alkyl halides is 3. The van der Waals surface area contributed by atoms with Gasteiger partial charge >= 0.3 is 12.1 Å². The Bertz CT molecular complexity index is 898. The Hall–Kier alpha value is -3.13. The third-order valence-corrected chi connectivity index (χ3v) is 4.42. The van der Waals surface area contributed by atoms with Crippen molar-refractivity contribution in [2.24, 2.45) is 0 Å². The summed E-state index contributed by atoms with van der Waals surface area (Å²) in [5.41, 5.74) is 1.01. The van der Waals surface area contributed by atoms with E-state index >= 15 is 0 Å². The maximum Gasteiger partial charge on any atom is 0.416 e. The fourth-order valence-electron chi connectivity index (χ4n) is 2.95. The van der Waals surface area contributed by atoms with E-state index in [9.17, 15) is 18.0 Å². The molecule has 1 aliphatic rings. The van der Waals surface area contributed by atoms with Crippen LogP contribution in [0.15, 0.2) is 60.8 Å². The molecule has 0 spiro atoms. The Morgan fingerprint density at radius 2 is 1.72 bits per heavy atom. The predicted molar refractivity (Wildman–Crippen MR) is 103 cm³/mol. The molecule has 0 atom stereocenters. The van der Waals surface area contributed by atoms with Crippen molar-refractivity contribution >= 4 is 17.4 Å². The van der Waals surface area contributed by atoms with Gasteiger partial charge in [0.15, 0.2) is 0 Å². The molecule has 1 N–H and O–H groups in total. The topological polar surface area (TPSA) is 62.7 Å². The lowest BCUT2D eigenvalue weighted by Crippen LogP contribution is -2.36. The molecule has 152 valence electrons. The van der Waals surface area contributed by atoms with Crippen LogP contribution in [0.1, 0.15) is 16.7 Å². The van der Waals surface area contributed by atoms with E-state index in [2.05, 4.69) is 9.88 Å². The van der Waals surface area contributed by atoms with Gasteiger partial charge in [-0.25, -0.2) is 9.78 Å². The van der Waals surface area contributed by atoms with E-state index in [1.54, 1.807) is 12.3 Å². The van der Waals surface area contributed by atoms with E-state index < -0.39 is 17.7 Å². The monoisotopic (exact) mass is 404 g/mol. The summed E-state index contributed by atoms with van der Waals surface area (Å²) in [5.74, 6) is -0.335. The molecule has 0 unspecified atom stereocenters. The van der Waals surface area contributed by atoms with Crippen molar-refractivity contribution in [3.8, 4) is 0 Å². The highest BCUT2D eigenvalue weighted by atomic mass is 19.4. The average molecular weight is 404 g/mol. The Labute approximate surface area is 165 Å². The standard InChI is InChI=1S/C21H19F3N2O3/c22-21(23,24)17-7-4-15(5-8-17)18(2-1-3-20(27)28)16-6-9-19(25-14-16)26-10-12-29-13-11-26/h1-9,14H,10-13H2,(H,27,28). The molecule has 1 saturated heterocycles. The number of nitrogens with zero attached hydrogens (tertiary/aromatic N) is 2. The summed E-state index contributed by atoms with van der Waals surface area (Å²) in [5, 5.41) is 8.80. The first kappa shape index (κ1) is 20.6. The van der Waals surface area contributed by atoms with Crippen LogP contribution >= 0.6 is 0 Å². The van der Waals surface area contributed by atoms with Crippen LogP contribution in [0.25, 0.3) is 5.57 Å². The molecule has 0 amide bonds. The highest BCUT2D eigenvalue weighted by Gasteiger charge is 2.30. The predicted octanol–water partition coefficient (Wildman–Crippen LogP) is 4.01. The van der Waals surface area contributed by atoms with Gasteiger partial charge in [0.05, 0.1) is 18.8 Å². The van der Waals surface area contributed by atoms with Gasteiger partial charge in [-0.3, -0.25) is 0 Å². The van der Waals surface area contributed by atoms with Gasteiger partial charge < -0.3 is 14.7 Å². The minimum Gasteiger partial charge on any atom is -0.478 e. The third kappa shape index (κ3) is 5.45. The second kappa shape index (κ2) is 8.91. The number of allylic oxidation sites excluding steroid dienone is 2. The van der Waals surface area contributed by atoms with Crippen LogP contribution in [0, 0.1) is 0 Å². The molecule has 2 aromatic rings. The normalized spacial score (nSPS) is 15.7. The molecular formula is C21H19F3N2O3. The third-order valence-electron chi connectivity index (χ3n) is 4.42. The van der Waals surface area contributed by atoms with Crippen LogP contribution in [0.5, 0.6) is 0 Å². The maximum atomic E-state index is 12.8. The number of hydrogen-bond donors (Lipinski definition) is 1. The van der Waals surface area contributed by atoms with E-state index in [0.717, 1.165) is 37.1 Å². The molecule has 5 nitrogen and oxygen atoms in total. The summed E-state index contributed by atoms with van der Waals surface area (Å²) in [6.07, 6.45) is 1.04. The van der Waals surface area contributed by atoms with Gasteiger partial charge in [-0.05, 0) is 35.4 Å². The largest absolute Gasteiger partial charge is 0.478 e. The first-order valence-corrected chi connectivity index (χ1v) is 8.92. The number of pyridine rings is 1. The van der Waals surface area contributed by atoms with Crippen LogP contribution in [-0.2, 0) is 15.7 Å². The van der Waals surface area contributed by atoms with Crippen molar-refractivity contribution < 1.29 is 27.8 Å². The van der Waals surface area contributed by atoms with Crippen molar-refractivity contribution in [2.75, 3.05) is 31.2 Å². The Morgan fingerprint density at radius 3 is 2.28 bits per heavy atom. The molecule has 1 aromatic heterocycles. The molecular weight excluding hydrogens is 385 g/mol. The highest BCUT2D eigenvalue weighted by Crippen LogP contribution is 2.31. The van der Waals surface area contributed by atoms with Gasteiger partial charge in [0.25, 0.3) is 0 Å². The lowest BCUT2D eigenvalue weighted by molar-refractivity contribution is -0.137. The Morgan fingerprint density at radius 1 is 1.07 bits per heavy atom. The second-order valence-corrected chi connectivity index (χ2v) is 6.36. The number of ether oxygens (including phenoxy) is 1. The van der Waals surface area contributed by atoms with Gasteiger partial charge in [0.1, 0.15) is 5.82 Å². The lowest BCUT2D eigenvalue weighted by atomic mass is 9.97. The van der Waals surface area contributed by atoms with E-state index in [-0.39, 0.29) is 0 Å². The molecule has 2 heterocycles. The number of rotatable bonds is 5. The maximum absolute atomic E-state index is 12.8. The van der Waals surface area contributed by atoms with Crippen molar-refractivity contribution in [1.29, 1.82) is 0 Å². The zero-order valence-electron chi connectivity index (χ0n) is 15.4. The summed E-state index contributed by atoms with van der Waals surface area (Å²) < 4.78 is 43.8. The Balaban J connectivity index is 1.92. The zero-order valence-corrected chi connectivity index (χ0v) is 15.4. The summed E-state index contributed by atoms with van der Waals surface area (Å²) in [6.45, 7) is 2.71. The van der Waals surface area contributed by atoms with E-state index in [1.807, 2.05) is 12.1 Å². The molecule has 0 aliphatic carbocycles. The van der Waals surface area contributed by atoms with Crippen molar-refractivity contribution in [2.45, 2.75) is 6.18 Å². The minimum atomic E-state index is -4.42.